The van der Waals surface area contributed by atoms with Gasteiger partial charge in [-0.1, -0.05) is 5.21 Å². The molecule has 0 unspecified atom stereocenters. The first-order valence-corrected chi connectivity index (χ1v) is 7.68. The molecule has 2 N–H and O–H groups in total. The van der Waals surface area contributed by atoms with E-state index >= 15 is 0 Å². The van der Waals surface area contributed by atoms with Crippen molar-refractivity contribution < 1.29 is 9.59 Å². The number of nitrogens with zero attached hydrogens (tertiary/aromatic N) is 5. The molecular formula is C13H16N6O2S. The van der Waals surface area contributed by atoms with Crippen LogP contribution in [0.4, 0.5) is 0 Å². The summed E-state index contributed by atoms with van der Waals surface area (Å²) in [6, 6.07) is 0.0443. The number of hydrogen-bond donors (Lipinski definition) is 1. The van der Waals surface area contributed by atoms with Crippen molar-refractivity contribution in [2.24, 2.45) is 5.73 Å². The summed E-state index contributed by atoms with van der Waals surface area (Å²) in [5.74, 6) is -0.548. The van der Waals surface area contributed by atoms with Crippen LogP contribution in [0, 0.1) is 13.8 Å². The van der Waals surface area contributed by atoms with Crippen molar-refractivity contribution in [3.05, 3.63) is 27.5 Å². The highest BCUT2D eigenvalue weighted by Gasteiger charge is 2.33. The van der Waals surface area contributed by atoms with Gasteiger partial charge in [-0.15, -0.1) is 16.4 Å². The van der Waals surface area contributed by atoms with Gasteiger partial charge < -0.3 is 10.6 Å². The van der Waals surface area contributed by atoms with Crippen LogP contribution in [0.5, 0.6) is 0 Å². The van der Waals surface area contributed by atoms with Crippen LogP contribution in [0.3, 0.4) is 0 Å². The van der Waals surface area contributed by atoms with E-state index in [1.165, 1.54) is 6.20 Å². The Hall–Kier alpha value is -2.29. The zero-order chi connectivity index (χ0) is 15.9. The fourth-order valence-corrected chi connectivity index (χ4v) is 3.22. The molecule has 0 saturated carbocycles. The van der Waals surface area contributed by atoms with E-state index in [2.05, 4.69) is 15.3 Å². The Bertz CT molecular complexity index is 731. The molecule has 1 aliphatic heterocycles. The summed E-state index contributed by atoms with van der Waals surface area (Å²) in [4.78, 5) is 30.4. The number of primary amides is 1. The van der Waals surface area contributed by atoms with Gasteiger partial charge in [-0.2, -0.15) is 0 Å². The molecule has 2 amide bonds. The van der Waals surface area contributed by atoms with Crippen LogP contribution in [0.2, 0.25) is 0 Å². The summed E-state index contributed by atoms with van der Waals surface area (Å²) in [5, 5.41) is 8.54. The molecular weight excluding hydrogens is 304 g/mol. The fraction of sp³-hybridized carbons (Fsp3) is 0.462. The summed E-state index contributed by atoms with van der Waals surface area (Å²) < 4.78 is 1.59. The number of rotatable bonds is 4. The first-order valence-electron chi connectivity index (χ1n) is 6.86. The van der Waals surface area contributed by atoms with Gasteiger partial charge in [-0.25, -0.2) is 9.67 Å². The number of nitrogens with two attached hydrogens (primary N) is 1. The lowest BCUT2D eigenvalue weighted by Crippen LogP contribution is -2.51. The van der Waals surface area contributed by atoms with Crippen LogP contribution >= 0.6 is 11.3 Å². The molecule has 0 aliphatic carbocycles. The Morgan fingerprint density at radius 3 is 2.68 bits per heavy atom. The highest BCUT2D eigenvalue weighted by molar-refractivity contribution is 7.11. The summed E-state index contributed by atoms with van der Waals surface area (Å²) in [5.41, 5.74) is 6.13. The highest BCUT2D eigenvalue weighted by atomic mass is 32.1. The van der Waals surface area contributed by atoms with Crippen LogP contribution in [0.15, 0.2) is 6.20 Å². The standard InChI is InChI=1S/C13H16N6O2S/c1-7-10(15-8(2)22-7)3-12(20)18-4-9(5-18)19-6-11(13(14)21)16-17-19/h6,9H,3-5H2,1-2H3,(H2,14,21). The van der Waals surface area contributed by atoms with E-state index in [9.17, 15) is 9.59 Å². The van der Waals surface area contributed by atoms with Crippen LogP contribution in [-0.2, 0) is 11.2 Å². The van der Waals surface area contributed by atoms with Gasteiger partial charge in [0.15, 0.2) is 5.69 Å². The average molecular weight is 320 g/mol. The van der Waals surface area contributed by atoms with Crippen molar-refractivity contribution in [3.63, 3.8) is 0 Å². The molecule has 2 aromatic rings. The maximum Gasteiger partial charge on any atom is 0.270 e. The summed E-state index contributed by atoms with van der Waals surface area (Å²) in [6.07, 6.45) is 1.84. The second-order valence-corrected chi connectivity index (χ2v) is 6.72. The number of carbonyl (C=O) groups excluding carboxylic acids is 2. The van der Waals surface area contributed by atoms with Crippen molar-refractivity contribution in [2.45, 2.75) is 26.3 Å². The van der Waals surface area contributed by atoms with Gasteiger partial charge in [0.25, 0.3) is 5.91 Å². The Kier molecular flexibility index (Phi) is 3.65. The normalized spacial score (nSPS) is 14.9. The molecule has 9 heteroatoms. The second-order valence-electron chi connectivity index (χ2n) is 5.31. The maximum absolute atomic E-state index is 12.2. The van der Waals surface area contributed by atoms with Crippen molar-refractivity contribution >= 4 is 23.2 Å². The molecule has 3 rings (SSSR count). The first kappa shape index (κ1) is 14.6. The zero-order valence-corrected chi connectivity index (χ0v) is 13.1. The van der Waals surface area contributed by atoms with Gasteiger partial charge >= 0.3 is 0 Å². The van der Waals surface area contributed by atoms with Crippen LogP contribution in [-0.4, -0.2) is 49.8 Å². The van der Waals surface area contributed by atoms with E-state index in [0.29, 0.717) is 19.5 Å². The van der Waals surface area contributed by atoms with E-state index in [4.69, 9.17) is 5.73 Å². The quantitative estimate of drug-likeness (QED) is 0.858. The molecule has 0 radical (unpaired) electrons. The monoisotopic (exact) mass is 320 g/mol. The lowest BCUT2D eigenvalue weighted by atomic mass is 10.1. The molecule has 8 nitrogen and oxygen atoms in total. The Morgan fingerprint density at radius 1 is 1.41 bits per heavy atom. The molecule has 116 valence electrons. The molecule has 3 heterocycles. The number of thiazole rings is 1. The van der Waals surface area contributed by atoms with Gasteiger partial charge in [0, 0.05) is 18.0 Å². The van der Waals surface area contributed by atoms with E-state index in [-0.39, 0.29) is 17.6 Å². The molecule has 0 aromatic carbocycles. The number of hydrogen-bond acceptors (Lipinski definition) is 6. The van der Waals surface area contributed by atoms with Crippen molar-refractivity contribution in [3.8, 4) is 0 Å². The predicted octanol–water partition coefficient (Wildman–Crippen LogP) is 0.0763. The average Bonchev–Trinajstić information content (AvgIpc) is 2.96. The van der Waals surface area contributed by atoms with Gasteiger partial charge in [0.05, 0.1) is 29.4 Å². The minimum absolute atomic E-state index is 0.0443. The number of aryl methyl sites for hydroxylation is 2. The third-order valence-corrected chi connectivity index (χ3v) is 4.60. The Morgan fingerprint density at radius 2 is 2.14 bits per heavy atom. The van der Waals surface area contributed by atoms with Gasteiger partial charge in [0.2, 0.25) is 5.91 Å². The van der Waals surface area contributed by atoms with Crippen molar-refractivity contribution in [1.29, 1.82) is 0 Å². The van der Waals surface area contributed by atoms with E-state index < -0.39 is 5.91 Å². The molecule has 2 aromatic heterocycles. The summed E-state index contributed by atoms with van der Waals surface area (Å²) >= 11 is 1.60. The molecule has 1 saturated heterocycles. The summed E-state index contributed by atoms with van der Waals surface area (Å²) in [6.45, 7) is 5.03. The lowest BCUT2D eigenvalue weighted by Gasteiger charge is -2.38. The SMILES string of the molecule is Cc1nc(CC(=O)N2CC(n3cc(C(N)=O)nn3)C2)c(C)s1. The molecule has 0 atom stereocenters. The topological polar surface area (TPSA) is 107 Å². The number of likely N-dealkylation sites (tertiary alicyclic amines) is 1. The van der Waals surface area contributed by atoms with Crippen LogP contribution in [0.25, 0.3) is 0 Å². The highest BCUT2D eigenvalue weighted by Crippen LogP contribution is 2.23. The Labute approximate surface area is 130 Å². The van der Waals surface area contributed by atoms with Gasteiger partial charge in [-0.3, -0.25) is 9.59 Å². The number of carbonyl (C=O) groups is 2. The lowest BCUT2D eigenvalue weighted by molar-refractivity contribution is -0.136. The minimum Gasteiger partial charge on any atom is -0.364 e. The van der Waals surface area contributed by atoms with E-state index in [1.54, 1.807) is 20.9 Å². The van der Waals surface area contributed by atoms with Crippen molar-refractivity contribution in [2.75, 3.05) is 13.1 Å². The van der Waals surface area contributed by atoms with Gasteiger partial charge in [-0.05, 0) is 13.8 Å². The van der Waals surface area contributed by atoms with E-state index in [0.717, 1.165) is 15.6 Å². The predicted molar refractivity (Wildman–Crippen MR) is 79.4 cm³/mol. The largest absolute Gasteiger partial charge is 0.364 e. The first-order chi connectivity index (χ1) is 10.4. The van der Waals surface area contributed by atoms with E-state index in [1.807, 2.05) is 13.8 Å². The second kappa shape index (κ2) is 5.48. The third-order valence-electron chi connectivity index (χ3n) is 3.67. The van der Waals surface area contributed by atoms with Crippen molar-refractivity contribution in [1.82, 2.24) is 24.9 Å². The summed E-state index contributed by atoms with van der Waals surface area (Å²) in [7, 11) is 0. The fourth-order valence-electron chi connectivity index (χ4n) is 2.39. The number of amides is 2. The maximum atomic E-state index is 12.2. The smallest absolute Gasteiger partial charge is 0.270 e. The molecule has 0 spiro atoms. The Balaban J connectivity index is 1.57. The zero-order valence-electron chi connectivity index (χ0n) is 12.3. The molecule has 22 heavy (non-hydrogen) atoms. The number of aromatic nitrogens is 4. The van der Waals surface area contributed by atoms with Crippen LogP contribution < -0.4 is 5.73 Å². The molecule has 1 fully saturated rings. The third kappa shape index (κ3) is 2.71. The van der Waals surface area contributed by atoms with Crippen LogP contribution in [0.1, 0.15) is 32.1 Å². The molecule has 1 aliphatic rings. The van der Waals surface area contributed by atoms with Gasteiger partial charge in [0.1, 0.15) is 0 Å². The minimum atomic E-state index is -0.604. The molecule has 0 bridgehead atoms.